The van der Waals surface area contributed by atoms with Gasteiger partial charge in [0.25, 0.3) is 0 Å². The molecule has 1 unspecified atom stereocenters. The lowest BCUT2D eigenvalue weighted by molar-refractivity contribution is -0.113. The Bertz CT molecular complexity index is 997. The topological polar surface area (TPSA) is 81.6 Å². The minimum absolute atomic E-state index is 0.109. The van der Waals surface area contributed by atoms with Crippen molar-refractivity contribution >= 4 is 45.0 Å². The summed E-state index contributed by atoms with van der Waals surface area (Å²) in [5.41, 5.74) is 3.66. The number of anilines is 1. The van der Waals surface area contributed by atoms with Gasteiger partial charge in [-0.2, -0.15) is 5.26 Å². The van der Waals surface area contributed by atoms with Crippen molar-refractivity contribution in [2.24, 2.45) is 5.92 Å². The van der Waals surface area contributed by atoms with Crippen molar-refractivity contribution in [3.05, 3.63) is 40.3 Å². The average molecular weight is 397 g/mol. The first kappa shape index (κ1) is 18.1. The standard InChI is InChI=1S/C20H20N4OS2/c1-2-12-7-8-13-14(10-21)19(27-17(13)9-12)24-18(25)11-26-20-22-15-5-3-4-6-16(15)23-20/h3-6,12H,2,7-9,11H2,1H3,(H,22,23)(H,24,25). The number of benzene rings is 1. The molecular formula is C20H20N4OS2. The predicted octanol–water partition coefficient (Wildman–Crippen LogP) is 4.74. The molecule has 27 heavy (non-hydrogen) atoms. The molecule has 4 rings (SSSR count). The molecule has 1 amide bonds. The molecule has 7 heteroatoms. The summed E-state index contributed by atoms with van der Waals surface area (Å²) in [5.74, 6) is 0.836. The third-order valence-corrected chi connectivity index (χ3v) is 7.06. The van der Waals surface area contributed by atoms with Gasteiger partial charge in [0.2, 0.25) is 5.91 Å². The van der Waals surface area contributed by atoms with Crippen LogP contribution in [0.3, 0.4) is 0 Å². The molecule has 1 aliphatic rings. The molecule has 0 radical (unpaired) electrons. The number of rotatable bonds is 5. The fraction of sp³-hybridized carbons (Fsp3) is 0.350. The number of H-pyrrole nitrogens is 1. The highest BCUT2D eigenvalue weighted by Crippen LogP contribution is 2.40. The zero-order chi connectivity index (χ0) is 18.8. The van der Waals surface area contributed by atoms with Gasteiger partial charge in [-0.25, -0.2) is 4.98 Å². The van der Waals surface area contributed by atoms with Crippen LogP contribution in [0.5, 0.6) is 0 Å². The van der Waals surface area contributed by atoms with Gasteiger partial charge in [-0.3, -0.25) is 4.79 Å². The van der Waals surface area contributed by atoms with E-state index in [2.05, 4.69) is 28.3 Å². The summed E-state index contributed by atoms with van der Waals surface area (Å²) in [6.07, 6.45) is 4.25. The van der Waals surface area contributed by atoms with Crippen LogP contribution in [0.25, 0.3) is 11.0 Å². The van der Waals surface area contributed by atoms with Crippen LogP contribution in [-0.4, -0.2) is 21.6 Å². The summed E-state index contributed by atoms with van der Waals surface area (Å²) < 4.78 is 0. The third kappa shape index (κ3) is 3.73. The number of nitriles is 1. The Morgan fingerprint density at radius 3 is 3.11 bits per heavy atom. The van der Waals surface area contributed by atoms with Crippen molar-refractivity contribution in [1.29, 1.82) is 5.26 Å². The zero-order valence-corrected chi connectivity index (χ0v) is 16.7. The number of hydrogen-bond donors (Lipinski definition) is 2. The second-order valence-corrected chi connectivity index (χ2v) is 8.80. The van der Waals surface area contributed by atoms with Crippen LogP contribution in [0.15, 0.2) is 29.4 Å². The molecule has 2 aromatic heterocycles. The van der Waals surface area contributed by atoms with E-state index in [-0.39, 0.29) is 11.7 Å². The molecule has 0 spiro atoms. The SMILES string of the molecule is CCC1CCc2c(sc(NC(=O)CSc3nc4ccccc4[nH]3)c2C#N)C1. The highest BCUT2D eigenvalue weighted by molar-refractivity contribution is 7.99. The van der Waals surface area contributed by atoms with Crippen molar-refractivity contribution in [2.45, 2.75) is 37.8 Å². The first-order chi connectivity index (χ1) is 13.2. The molecule has 0 bridgehead atoms. The van der Waals surface area contributed by atoms with E-state index in [4.69, 9.17) is 0 Å². The van der Waals surface area contributed by atoms with Crippen LogP contribution in [0.4, 0.5) is 5.00 Å². The number of amides is 1. The van der Waals surface area contributed by atoms with Crippen molar-refractivity contribution in [3.63, 3.8) is 0 Å². The zero-order valence-electron chi connectivity index (χ0n) is 15.0. The van der Waals surface area contributed by atoms with Gasteiger partial charge in [-0.1, -0.05) is 37.2 Å². The maximum atomic E-state index is 12.4. The predicted molar refractivity (Wildman–Crippen MR) is 110 cm³/mol. The van der Waals surface area contributed by atoms with E-state index >= 15 is 0 Å². The number of nitrogens with one attached hydrogen (secondary N) is 2. The van der Waals surface area contributed by atoms with E-state index in [0.29, 0.717) is 16.5 Å². The van der Waals surface area contributed by atoms with Crippen LogP contribution >= 0.6 is 23.1 Å². The van der Waals surface area contributed by atoms with Gasteiger partial charge < -0.3 is 10.3 Å². The Hall–Kier alpha value is -2.30. The first-order valence-corrected chi connectivity index (χ1v) is 10.9. The number of thioether (sulfide) groups is 1. The second kappa shape index (κ2) is 7.75. The van der Waals surface area contributed by atoms with E-state index < -0.39 is 0 Å². The second-order valence-electron chi connectivity index (χ2n) is 6.73. The number of aromatic amines is 1. The number of hydrogen-bond acceptors (Lipinski definition) is 5. The lowest BCUT2D eigenvalue weighted by Crippen LogP contribution is -2.14. The molecule has 0 saturated carbocycles. The van der Waals surface area contributed by atoms with Crippen molar-refractivity contribution in [3.8, 4) is 6.07 Å². The van der Waals surface area contributed by atoms with E-state index in [9.17, 15) is 10.1 Å². The minimum atomic E-state index is -0.109. The Morgan fingerprint density at radius 1 is 1.48 bits per heavy atom. The number of aromatic nitrogens is 2. The Kier molecular flexibility index (Phi) is 5.19. The van der Waals surface area contributed by atoms with Crippen LogP contribution < -0.4 is 5.32 Å². The molecule has 1 atom stereocenters. The smallest absolute Gasteiger partial charge is 0.235 e. The summed E-state index contributed by atoms with van der Waals surface area (Å²) in [4.78, 5) is 21.4. The fourth-order valence-corrected chi connectivity index (χ4v) is 5.52. The lowest BCUT2D eigenvalue weighted by Gasteiger charge is -2.20. The number of fused-ring (bicyclic) bond motifs is 2. The molecular weight excluding hydrogens is 376 g/mol. The quantitative estimate of drug-likeness (QED) is 0.610. The molecule has 2 N–H and O–H groups in total. The first-order valence-electron chi connectivity index (χ1n) is 9.10. The summed E-state index contributed by atoms with van der Waals surface area (Å²) >= 11 is 2.94. The van der Waals surface area contributed by atoms with Crippen LogP contribution in [0.1, 0.15) is 35.8 Å². The Labute approximate surface area is 166 Å². The van der Waals surface area contributed by atoms with Crippen LogP contribution in [-0.2, 0) is 17.6 Å². The Morgan fingerprint density at radius 2 is 2.33 bits per heavy atom. The maximum Gasteiger partial charge on any atom is 0.235 e. The van der Waals surface area contributed by atoms with Gasteiger partial charge in [-0.05, 0) is 42.9 Å². The van der Waals surface area contributed by atoms with Gasteiger partial charge in [0.15, 0.2) is 5.16 Å². The molecule has 3 aromatic rings. The van der Waals surface area contributed by atoms with Crippen molar-refractivity contribution < 1.29 is 4.79 Å². The normalized spacial score (nSPS) is 16.1. The number of carbonyl (C=O) groups excluding carboxylic acids is 1. The number of thiophene rings is 1. The molecule has 0 fully saturated rings. The highest BCUT2D eigenvalue weighted by Gasteiger charge is 2.25. The monoisotopic (exact) mass is 396 g/mol. The lowest BCUT2D eigenvalue weighted by atomic mass is 9.86. The number of nitrogens with zero attached hydrogens (tertiary/aromatic N) is 2. The summed E-state index contributed by atoms with van der Waals surface area (Å²) in [6, 6.07) is 10.1. The van der Waals surface area contributed by atoms with Crippen molar-refractivity contribution in [2.75, 3.05) is 11.1 Å². The largest absolute Gasteiger partial charge is 0.333 e. The number of imidazole rings is 1. The number of para-hydroxylation sites is 2. The fourth-order valence-electron chi connectivity index (χ4n) is 3.50. The Balaban J connectivity index is 1.43. The molecule has 2 heterocycles. The van der Waals surface area contributed by atoms with Gasteiger partial charge in [0, 0.05) is 4.88 Å². The third-order valence-electron chi connectivity index (χ3n) is 5.02. The average Bonchev–Trinajstić information content (AvgIpc) is 3.25. The van der Waals surface area contributed by atoms with E-state index in [1.54, 1.807) is 11.3 Å². The van der Waals surface area contributed by atoms with Gasteiger partial charge >= 0.3 is 0 Å². The summed E-state index contributed by atoms with van der Waals surface area (Å²) in [7, 11) is 0. The molecule has 5 nitrogen and oxygen atoms in total. The van der Waals surface area contributed by atoms with E-state index in [0.717, 1.165) is 47.4 Å². The van der Waals surface area contributed by atoms with Gasteiger partial charge in [-0.15, -0.1) is 11.3 Å². The highest BCUT2D eigenvalue weighted by atomic mass is 32.2. The molecule has 1 aromatic carbocycles. The van der Waals surface area contributed by atoms with Crippen molar-refractivity contribution in [1.82, 2.24) is 9.97 Å². The molecule has 0 saturated heterocycles. The summed E-state index contributed by atoms with van der Waals surface area (Å²) in [6.45, 7) is 2.21. The number of carbonyl (C=O) groups is 1. The molecule has 138 valence electrons. The van der Waals surface area contributed by atoms with Crippen LogP contribution in [0.2, 0.25) is 0 Å². The molecule has 1 aliphatic carbocycles. The van der Waals surface area contributed by atoms with E-state index in [1.165, 1.54) is 16.6 Å². The summed E-state index contributed by atoms with van der Waals surface area (Å²) in [5, 5.41) is 14.0. The molecule has 0 aliphatic heterocycles. The van der Waals surface area contributed by atoms with Gasteiger partial charge in [0.05, 0.1) is 22.3 Å². The van der Waals surface area contributed by atoms with Crippen LogP contribution in [0, 0.1) is 17.2 Å². The van der Waals surface area contributed by atoms with Gasteiger partial charge in [0.1, 0.15) is 11.1 Å². The minimum Gasteiger partial charge on any atom is -0.333 e. The van der Waals surface area contributed by atoms with E-state index in [1.807, 2.05) is 24.3 Å². The maximum absolute atomic E-state index is 12.4.